The van der Waals surface area contributed by atoms with Gasteiger partial charge in [0.1, 0.15) is 0 Å². The number of sulfonamides is 1. The number of benzene rings is 3. The number of nitrogens with one attached hydrogen (secondary N) is 1. The Balaban J connectivity index is 1.80. The molecule has 1 amide bonds. The van der Waals surface area contributed by atoms with Crippen LogP contribution < -0.4 is 5.32 Å². The summed E-state index contributed by atoms with van der Waals surface area (Å²) < 4.78 is 28.7. The summed E-state index contributed by atoms with van der Waals surface area (Å²) in [6.07, 6.45) is 0. The van der Waals surface area contributed by atoms with Gasteiger partial charge in [0.15, 0.2) is 0 Å². The lowest BCUT2D eigenvalue weighted by Gasteiger charge is -2.22. The molecule has 0 saturated carbocycles. The monoisotopic (exact) mass is 554 g/mol. The van der Waals surface area contributed by atoms with Crippen molar-refractivity contribution in [2.45, 2.75) is 24.9 Å². The zero-order valence-corrected chi connectivity index (χ0v) is 21.1. The second-order valence-electron chi connectivity index (χ2n) is 7.23. The van der Waals surface area contributed by atoms with Gasteiger partial charge in [0.25, 0.3) is 0 Å². The van der Waals surface area contributed by atoms with Crippen LogP contribution in [0, 0.1) is 6.92 Å². The summed E-state index contributed by atoms with van der Waals surface area (Å²) in [5.41, 5.74) is 2.39. The molecule has 32 heavy (non-hydrogen) atoms. The molecule has 3 rings (SSSR count). The third-order valence-electron chi connectivity index (χ3n) is 4.74. The topological polar surface area (TPSA) is 66.5 Å². The van der Waals surface area contributed by atoms with E-state index in [1.165, 1.54) is 4.31 Å². The molecule has 0 aliphatic rings. The first-order valence-electron chi connectivity index (χ1n) is 9.67. The minimum absolute atomic E-state index is 0.0542. The summed E-state index contributed by atoms with van der Waals surface area (Å²) >= 11 is 15.4. The lowest BCUT2D eigenvalue weighted by Crippen LogP contribution is -2.40. The molecule has 0 fully saturated rings. The highest BCUT2D eigenvalue weighted by atomic mass is 79.9. The number of halogens is 3. The first kappa shape index (κ1) is 24.7. The van der Waals surface area contributed by atoms with Crippen LogP contribution in [0.4, 0.5) is 0 Å². The number of amides is 1. The smallest absolute Gasteiger partial charge is 0.243 e. The van der Waals surface area contributed by atoms with E-state index in [0.717, 1.165) is 15.6 Å². The molecule has 5 nitrogen and oxygen atoms in total. The number of carbonyl (C=O) groups is 1. The van der Waals surface area contributed by atoms with Crippen molar-refractivity contribution in [1.82, 2.24) is 9.62 Å². The second-order valence-corrected chi connectivity index (χ2v) is 10.9. The predicted octanol–water partition coefficient (Wildman–Crippen LogP) is 5.57. The van der Waals surface area contributed by atoms with Gasteiger partial charge in [-0.3, -0.25) is 4.79 Å². The molecule has 0 bridgehead atoms. The maximum absolute atomic E-state index is 13.3. The van der Waals surface area contributed by atoms with Crippen molar-refractivity contribution in [3.63, 3.8) is 0 Å². The van der Waals surface area contributed by atoms with Gasteiger partial charge in [0.05, 0.1) is 11.4 Å². The normalized spacial score (nSPS) is 11.5. The molecule has 0 aliphatic carbocycles. The Morgan fingerprint density at radius 3 is 2.28 bits per heavy atom. The summed E-state index contributed by atoms with van der Waals surface area (Å²) in [6, 6.07) is 18.8. The van der Waals surface area contributed by atoms with Crippen molar-refractivity contribution in [2.24, 2.45) is 0 Å². The van der Waals surface area contributed by atoms with Crippen LogP contribution in [0.2, 0.25) is 10.0 Å². The van der Waals surface area contributed by atoms with Crippen molar-refractivity contribution in [3.05, 3.63) is 97.9 Å². The standard InChI is InChI=1S/C23H21BrCl2N2O3S/c1-16-2-10-21(11-3-16)32(30,31)28(14-17-4-7-19(24)8-5-17)15-23(29)27-13-18-6-9-20(25)12-22(18)26/h2-12H,13-15H2,1H3,(H,27,29). The summed E-state index contributed by atoms with van der Waals surface area (Å²) in [7, 11) is -3.90. The van der Waals surface area contributed by atoms with Gasteiger partial charge in [-0.25, -0.2) is 8.42 Å². The molecule has 1 N–H and O–H groups in total. The number of hydrogen-bond donors (Lipinski definition) is 1. The molecule has 0 radical (unpaired) electrons. The first-order valence-corrected chi connectivity index (χ1v) is 12.7. The van der Waals surface area contributed by atoms with Crippen molar-refractivity contribution in [3.8, 4) is 0 Å². The summed E-state index contributed by atoms with van der Waals surface area (Å²) in [6.45, 7) is 1.76. The molecule has 0 aliphatic heterocycles. The van der Waals surface area contributed by atoms with Crippen LogP contribution in [0.15, 0.2) is 76.1 Å². The average Bonchev–Trinajstić information content (AvgIpc) is 2.74. The van der Waals surface area contributed by atoms with E-state index in [-0.39, 0.29) is 24.5 Å². The van der Waals surface area contributed by atoms with Crippen LogP contribution in [0.5, 0.6) is 0 Å². The van der Waals surface area contributed by atoms with Crippen LogP contribution in [0.3, 0.4) is 0 Å². The molecule has 0 heterocycles. The lowest BCUT2D eigenvalue weighted by molar-refractivity contribution is -0.121. The minimum Gasteiger partial charge on any atom is -0.351 e. The molecule has 0 saturated heterocycles. The van der Waals surface area contributed by atoms with Gasteiger partial charge >= 0.3 is 0 Å². The summed E-state index contributed by atoms with van der Waals surface area (Å²) in [5, 5.41) is 3.66. The van der Waals surface area contributed by atoms with Gasteiger partial charge in [-0.15, -0.1) is 0 Å². The van der Waals surface area contributed by atoms with Gasteiger partial charge in [-0.05, 0) is 54.4 Å². The Kier molecular flexibility index (Phi) is 8.36. The Labute approximate surface area is 206 Å². The fraction of sp³-hybridized carbons (Fsp3) is 0.174. The van der Waals surface area contributed by atoms with Crippen molar-refractivity contribution < 1.29 is 13.2 Å². The van der Waals surface area contributed by atoms with Gasteiger partial charge in [-0.2, -0.15) is 4.31 Å². The van der Waals surface area contributed by atoms with E-state index in [1.54, 1.807) is 42.5 Å². The highest BCUT2D eigenvalue weighted by Crippen LogP contribution is 2.22. The van der Waals surface area contributed by atoms with Gasteiger partial charge in [0, 0.05) is 27.6 Å². The van der Waals surface area contributed by atoms with E-state index in [4.69, 9.17) is 23.2 Å². The molecular formula is C23H21BrCl2N2O3S. The predicted molar refractivity (Wildman–Crippen MR) is 131 cm³/mol. The van der Waals surface area contributed by atoms with Crippen molar-refractivity contribution >= 4 is 55.1 Å². The molecule has 0 aromatic heterocycles. The molecule has 0 spiro atoms. The summed E-state index contributed by atoms with van der Waals surface area (Å²) in [4.78, 5) is 12.8. The molecule has 168 valence electrons. The quantitative estimate of drug-likeness (QED) is 0.395. The van der Waals surface area contributed by atoms with Crippen molar-refractivity contribution in [2.75, 3.05) is 6.54 Å². The zero-order valence-electron chi connectivity index (χ0n) is 17.2. The number of aryl methyl sites for hydroxylation is 1. The molecular weight excluding hydrogens is 535 g/mol. The third kappa shape index (κ3) is 6.56. The molecule has 0 atom stereocenters. The molecule has 3 aromatic carbocycles. The van der Waals surface area contributed by atoms with Crippen molar-refractivity contribution in [1.29, 1.82) is 0 Å². The number of rotatable bonds is 8. The van der Waals surface area contributed by atoms with Gasteiger partial charge in [0.2, 0.25) is 15.9 Å². The first-order chi connectivity index (χ1) is 15.1. The minimum atomic E-state index is -3.90. The maximum Gasteiger partial charge on any atom is 0.243 e. The lowest BCUT2D eigenvalue weighted by atomic mass is 10.2. The Hall–Kier alpha value is -1.90. The van der Waals surface area contributed by atoms with Crippen LogP contribution in [-0.2, 0) is 27.9 Å². The molecule has 3 aromatic rings. The van der Waals surface area contributed by atoms with Crippen LogP contribution >= 0.6 is 39.1 Å². The van der Waals surface area contributed by atoms with Crippen LogP contribution in [0.1, 0.15) is 16.7 Å². The van der Waals surface area contributed by atoms with Gasteiger partial charge < -0.3 is 5.32 Å². The van der Waals surface area contributed by atoms with E-state index < -0.39 is 15.9 Å². The maximum atomic E-state index is 13.3. The van der Waals surface area contributed by atoms with E-state index in [1.807, 2.05) is 31.2 Å². The Morgan fingerprint density at radius 2 is 1.66 bits per heavy atom. The highest BCUT2D eigenvalue weighted by molar-refractivity contribution is 9.10. The zero-order chi connectivity index (χ0) is 23.3. The third-order valence-corrected chi connectivity index (χ3v) is 7.66. The number of nitrogens with zero attached hydrogens (tertiary/aromatic N) is 1. The number of hydrogen-bond acceptors (Lipinski definition) is 3. The highest BCUT2D eigenvalue weighted by Gasteiger charge is 2.27. The SMILES string of the molecule is Cc1ccc(S(=O)(=O)N(CC(=O)NCc2ccc(Cl)cc2Cl)Cc2ccc(Br)cc2)cc1. The second kappa shape index (κ2) is 10.8. The van der Waals surface area contributed by atoms with E-state index in [2.05, 4.69) is 21.2 Å². The fourth-order valence-corrected chi connectivity index (χ4v) is 5.08. The Bertz CT molecular complexity index is 1200. The number of carbonyl (C=O) groups excluding carboxylic acids is 1. The van der Waals surface area contributed by atoms with E-state index >= 15 is 0 Å². The molecule has 0 unspecified atom stereocenters. The summed E-state index contributed by atoms with van der Waals surface area (Å²) in [5.74, 6) is -0.441. The van der Waals surface area contributed by atoms with E-state index in [0.29, 0.717) is 15.6 Å². The van der Waals surface area contributed by atoms with Crippen LogP contribution in [-0.4, -0.2) is 25.2 Å². The van der Waals surface area contributed by atoms with Crippen LogP contribution in [0.25, 0.3) is 0 Å². The Morgan fingerprint density at radius 1 is 1.00 bits per heavy atom. The molecule has 9 heteroatoms. The largest absolute Gasteiger partial charge is 0.351 e. The van der Waals surface area contributed by atoms with E-state index in [9.17, 15) is 13.2 Å². The van der Waals surface area contributed by atoms with Gasteiger partial charge in [-0.1, -0.05) is 75.0 Å². The fourth-order valence-electron chi connectivity index (χ4n) is 2.95. The average molecular weight is 556 g/mol.